The van der Waals surface area contributed by atoms with E-state index in [0.29, 0.717) is 19.0 Å². The van der Waals surface area contributed by atoms with Gasteiger partial charge in [-0.05, 0) is 38.3 Å². The van der Waals surface area contributed by atoms with Crippen LogP contribution in [-0.4, -0.2) is 49.5 Å². The SMILES string of the molecule is CN=C(NCCC(=O)N1CCCCC1C)NCCc1ccco1. The Labute approximate surface area is 138 Å². The van der Waals surface area contributed by atoms with Crippen LogP contribution in [0, 0.1) is 0 Å². The molecule has 1 saturated heterocycles. The van der Waals surface area contributed by atoms with Gasteiger partial charge in [-0.3, -0.25) is 9.79 Å². The summed E-state index contributed by atoms with van der Waals surface area (Å²) in [6.07, 6.45) is 6.46. The van der Waals surface area contributed by atoms with E-state index in [-0.39, 0.29) is 5.91 Å². The summed E-state index contributed by atoms with van der Waals surface area (Å²) < 4.78 is 5.29. The molecular weight excluding hydrogens is 292 g/mol. The second-order valence-corrected chi connectivity index (χ2v) is 5.94. The third-order valence-corrected chi connectivity index (χ3v) is 4.22. The van der Waals surface area contributed by atoms with Gasteiger partial charge in [0.25, 0.3) is 0 Å². The minimum absolute atomic E-state index is 0.232. The maximum atomic E-state index is 12.3. The minimum atomic E-state index is 0.232. The second kappa shape index (κ2) is 9.22. The molecule has 1 aromatic heterocycles. The van der Waals surface area contributed by atoms with E-state index in [2.05, 4.69) is 22.5 Å². The summed E-state index contributed by atoms with van der Waals surface area (Å²) >= 11 is 0. The van der Waals surface area contributed by atoms with Gasteiger partial charge in [0.05, 0.1) is 6.26 Å². The molecule has 1 fully saturated rings. The third-order valence-electron chi connectivity index (χ3n) is 4.22. The Morgan fingerprint density at radius 1 is 1.39 bits per heavy atom. The molecule has 6 heteroatoms. The van der Waals surface area contributed by atoms with Crippen molar-refractivity contribution in [3.63, 3.8) is 0 Å². The van der Waals surface area contributed by atoms with E-state index < -0.39 is 0 Å². The average Bonchev–Trinajstić information content (AvgIpc) is 3.07. The van der Waals surface area contributed by atoms with E-state index in [1.165, 1.54) is 6.42 Å². The van der Waals surface area contributed by atoms with Gasteiger partial charge >= 0.3 is 0 Å². The molecular formula is C17H28N4O2. The van der Waals surface area contributed by atoms with Crippen molar-refractivity contribution in [2.75, 3.05) is 26.7 Å². The van der Waals surface area contributed by atoms with Crippen LogP contribution in [-0.2, 0) is 11.2 Å². The molecule has 6 nitrogen and oxygen atoms in total. The Bertz CT molecular complexity index is 499. The van der Waals surface area contributed by atoms with Gasteiger partial charge in [0.15, 0.2) is 5.96 Å². The number of likely N-dealkylation sites (tertiary alicyclic amines) is 1. The number of carbonyl (C=O) groups is 1. The highest BCUT2D eigenvalue weighted by Crippen LogP contribution is 2.16. The molecule has 1 aliphatic heterocycles. The lowest BCUT2D eigenvalue weighted by Crippen LogP contribution is -2.44. The Hall–Kier alpha value is -1.98. The van der Waals surface area contributed by atoms with Crippen molar-refractivity contribution in [1.82, 2.24) is 15.5 Å². The largest absolute Gasteiger partial charge is 0.469 e. The van der Waals surface area contributed by atoms with Crippen LogP contribution >= 0.6 is 0 Å². The highest BCUT2D eigenvalue weighted by molar-refractivity contribution is 5.81. The van der Waals surface area contributed by atoms with Crippen LogP contribution in [0.15, 0.2) is 27.8 Å². The van der Waals surface area contributed by atoms with Gasteiger partial charge in [0, 0.05) is 45.6 Å². The van der Waals surface area contributed by atoms with Gasteiger partial charge in [-0.15, -0.1) is 0 Å². The molecule has 0 bridgehead atoms. The Kier molecular flexibility index (Phi) is 6.97. The van der Waals surface area contributed by atoms with E-state index in [9.17, 15) is 4.79 Å². The molecule has 0 aromatic carbocycles. The summed E-state index contributed by atoms with van der Waals surface area (Å²) in [5.74, 6) is 1.90. The highest BCUT2D eigenvalue weighted by atomic mass is 16.3. The first-order valence-corrected chi connectivity index (χ1v) is 8.47. The van der Waals surface area contributed by atoms with Crippen LogP contribution in [0.3, 0.4) is 0 Å². The maximum absolute atomic E-state index is 12.3. The summed E-state index contributed by atoms with van der Waals surface area (Å²) in [5.41, 5.74) is 0. The van der Waals surface area contributed by atoms with E-state index in [0.717, 1.165) is 44.1 Å². The fraction of sp³-hybridized carbons (Fsp3) is 0.647. The van der Waals surface area contributed by atoms with Gasteiger partial charge in [-0.1, -0.05) is 0 Å². The number of carbonyl (C=O) groups excluding carboxylic acids is 1. The number of rotatable bonds is 6. The number of hydrogen-bond donors (Lipinski definition) is 2. The number of hydrogen-bond acceptors (Lipinski definition) is 3. The van der Waals surface area contributed by atoms with Crippen LogP contribution in [0.1, 0.15) is 38.4 Å². The summed E-state index contributed by atoms with van der Waals surface area (Å²) in [7, 11) is 1.73. The highest BCUT2D eigenvalue weighted by Gasteiger charge is 2.22. The van der Waals surface area contributed by atoms with E-state index >= 15 is 0 Å². The quantitative estimate of drug-likeness (QED) is 0.619. The predicted octanol–water partition coefficient (Wildman–Crippen LogP) is 1.78. The number of guanidine groups is 1. The minimum Gasteiger partial charge on any atom is -0.469 e. The maximum Gasteiger partial charge on any atom is 0.224 e. The average molecular weight is 320 g/mol. The van der Waals surface area contributed by atoms with Gasteiger partial charge in [0.2, 0.25) is 5.91 Å². The molecule has 0 aliphatic carbocycles. The fourth-order valence-corrected chi connectivity index (χ4v) is 2.88. The van der Waals surface area contributed by atoms with Crippen LogP contribution in [0.2, 0.25) is 0 Å². The second-order valence-electron chi connectivity index (χ2n) is 5.94. The summed E-state index contributed by atoms with van der Waals surface area (Å²) in [6, 6.07) is 4.22. The van der Waals surface area contributed by atoms with E-state index in [1.54, 1.807) is 13.3 Å². The van der Waals surface area contributed by atoms with Crippen LogP contribution in [0.4, 0.5) is 0 Å². The van der Waals surface area contributed by atoms with E-state index in [1.807, 2.05) is 17.0 Å². The molecule has 0 radical (unpaired) electrons. The molecule has 0 spiro atoms. The van der Waals surface area contributed by atoms with Crippen molar-refractivity contribution >= 4 is 11.9 Å². The number of nitrogens with one attached hydrogen (secondary N) is 2. The molecule has 1 unspecified atom stereocenters. The first-order chi connectivity index (χ1) is 11.2. The molecule has 1 aromatic rings. The zero-order valence-corrected chi connectivity index (χ0v) is 14.2. The first-order valence-electron chi connectivity index (χ1n) is 8.47. The smallest absolute Gasteiger partial charge is 0.224 e. The van der Waals surface area contributed by atoms with Crippen molar-refractivity contribution in [2.45, 2.75) is 45.1 Å². The summed E-state index contributed by atoms with van der Waals surface area (Å²) in [6.45, 7) is 4.38. The van der Waals surface area contributed by atoms with Crippen molar-refractivity contribution in [3.8, 4) is 0 Å². The standard InChI is InChI=1S/C17H28N4O2/c1-14-6-3-4-12-21(14)16(22)9-11-20-17(18-2)19-10-8-15-7-5-13-23-15/h5,7,13-14H,3-4,6,8-12H2,1-2H3,(H2,18,19,20). The number of amides is 1. The Morgan fingerprint density at radius 2 is 2.22 bits per heavy atom. The topological polar surface area (TPSA) is 69.9 Å². The molecule has 128 valence electrons. The Morgan fingerprint density at radius 3 is 2.91 bits per heavy atom. The zero-order valence-electron chi connectivity index (χ0n) is 14.2. The Balaban J connectivity index is 1.64. The van der Waals surface area contributed by atoms with Gasteiger partial charge in [0.1, 0.15) is 5.76 Å². The van der Waals surface area contributed by atoms with Gasteiger partial charge in [-0.2, -0.15) is 0 Å². The van der Waals surface area contributed by atoms with Crippen LogP contribution in [0.25, 0.3) is 0 Å². The summed E-state index contributed by atoms with van der Waals surface area (Å²) in [5, 5.41) is 6.42. The number of nitrogens with zero attached hydrogens (tertiary/aromatic N) is 2. The summed E-state index contributed by atoms with van der Waals surface area (Å²) in [4.78, 5) is 18.4. The van der Waals surface area contributed by atoms with Gasteiger partial charge in [-0.25, -0.2) is 0 Å². The third kappa shape index (κ3) is 5.62. The first kappa shape index (κ1) is 17.4. The fourth-order valence-electron chi connectivity index (χ4n) is 2.88. The number of piperidine rings is 1. The normalized spacial score (nSPS) is 18.8. The monoisotopic (exact) mass is 320 g/mol. The van der Waals surface area contributed by atoms with Crippen LogP contribution in [0.5, 0.6) is 0 Å². The van der Waals surface area contributed by atoms with E-state index in [4.69, 9.17) is 4.42 Å². The molecule has 0 saturated carbocycles. The molecule has 2 heterocycles. The van der Waals surface area contributed by atoms with Crippen LogP contribution < -0.4 is 10.6 Å². The number of furan rings is 1. The molecule has 23 heavy (non-hydrogen) atoms. The van der Waals surface area contributed by atoms with Crippen molar-refractivity contribution in [3.05, 3.63) is 24.2 Å². The molecule has 1 aliphatic rings. The lowest BCUT2D eigenvalue weighted by atomic mass is 10.0. The molecule has 1 amide bonds. The molecule has 1 atom stereocenters. The molecule has 2 N–H and O–H groups in total. The number of aliphatic imine (C=N–C) groups is 1. The lowest BCUT2D eigenvalue weighted by molar-refractivity contribution is -0.134. The van der Waals surface area contributed by atoms with Crippen molar-refractivity contribution in [1.29, 1.82) is 0 Å². The molecule has 2 rings (SSSR count). The predicted molar refractivity (Wildman–Crippen MR) is 91.4 cm³/mol. The van der Waals surface area contributed by atoms with Gasteiger partial charge < -0.3 is 20.0 Å². The lowest BCUT2D eigenvalue weighted by Gasteiger charge is -2.33. The zero-order chi connectivity index (χ0) is 16.5. The van der Waals surface area contributed by atoms with Crippen molar-refractivity contribution < 1.29 is 9.21 Å². The van der Waals surface area contributed by atoms with Crippen molar-refractivity contribution in [2.24, 2.45) is 4.99 Å².